The van der Waals surface area contributed by atoms with Crippen LogP contribution in [-0.2, 0) is 0 Å². The van der Waals surface area contributed by atoms with Crippen LogP contribution in [0, 0.1) is 0 Å². The summed E-state index contributed by atoms with van der Waals surface area (Å²) in [6.45, 7) is 0.497. The highest BCUT2D eigenvalue weighted by atomic mass is 35.5. The minimum Gasteiger partial charge on any atom is -0.493 e. The molecule has 2 aromatic rings. The fraction of sp³-hybridized carbons (Fsp3) is 0.188. The molecule has 1 unspecified atom stereocenters. The number of carbonyl (C=O) groups is 1. The van der Waals surface area contributed by atoms with Gasteiger partial charge in [-0.1, -0.05) is 46.4 Å². The number of carbonyl (C=O) groups excluding carboxylic acids is 1. The average Bonchev–Trinajstić information content (AvgIpc) is 2.52. The predicted molar refractivity (Wildman–Crippen MR) is 93.2 cm³/mol. The molecule has 120 valence electrons. The Labute approximate surface area is 153 Å². The topological polar surface area (TPSA) is 38.3 Å². The Hall–Kier alpha value is -1.13. The van der Waals surface area contributed by atoms with E-state index in [1.807, 2.05) is 0 Å². The van der Waals surface area contributed by atoms with Gasteiger partial charge in [0.2, 0.25) is 0 Å². The first-order chi connectivity index (χ1) is 11.0. The van der Waals surface area contributed by atoms with Crippen molar-refractivity contribution in [3.63, 3.8) is 0 Å². The quantitative estimate of drug-likeness (QED) is 0.682. The molecule has 0 radical (unpaired) electrons. The Kier molecular flexibility index (Phi) is 4.93. The molecule has 23 heavy (non-hydrogen) atoms. The highest BCUT2D eigenvalue weighted by Gasteiger charge is 2.26. The van der Waals surface area contributed by atoms with Crippen LogP contribution in [0.3, 0.4) is 0 Å². The molecule has 0 aromatic heterocycles. The second kappa shape index (κ2) is 6.78. The number of fused-ring (bicyclic) bond motifs is 1. The summed E-state index contributed by atoms with van der Waals surface area (Å²) in [6, 6.07) is 8.16. The summed E-state index contributed by atoms with van der Waals surface area (Å²) < 4.78 is 5.58. The van der Waals surface area contributed by atoms with Gasteiger partial charge in [0.25, 0.3) is 5.91 Å². The molecule has 1 heterocycles. The van der Waals surface area contributed by atoms with E-state index in [0.29, 0.717) is 23.8 Å². The smallest absolute Gasteiger partial charge is 0.254 e. The fourth-order valence-electron chi connectivity index (χ4n) is 2.48. The van der Waals surface area contributed by atoms with Crippen molar-refractivity contribution >= 4 is 52.3 Å². The van der Waals surface area contributed by atoms with Gasteiger partial charge in [-0.05, 0) is 30.3 Å². The van der Waals surface area contributed by atoms with Crippen LogP contribution in [0.1, 0.15) is 28.4 Å². The molecule has 0 saturated heterocycles. The predicted octanol–water partition coefficient (Wildman–Crippen LogP) is 5.55. The summed E-state index contributed by atoms with van der Waals surface area (Å²) in [4.78, 5) is 12.6. The van der Waals surface area contributed by atoms with E-state index >= 15 is 0 Å². The molecule has 1 atom stereocenters. The van der Waals surface area contributed by atoms with Gasteiger partial charge in [0, 0.05) is 17.0 Å². The van der Waals surface area contributed by atoms with E-state index in [1.165, 1.54) is 0 Å². The standard InChI is InChI=1S/C16H11Cl4NO2/c17-8-1-4-13-9(7-8)12(5-6-23-13)21-16(22)14-10(18)2-3-11(19)15(14)20/h1-4,7,12H,5-6H2,(H,21,22). The van der Waals surface area contributed by atoms with Crippen molar-refractivity contribution in [2.75, 3.05) is 6.61 Å². The van der Waals surface area contributed by atoms with Crippen LogP contribution in [0.5, 0.6) is 5.75 Å². The van der Waals surface area contributed by atoms with Gasteiger partial charge >= 0.3 is 0 Å². The SMILES string of the molecule is O=C(NC1CCOc2ccc(Cl)cc21)c1c(Cl)ccc(Cl)c1Cl. The molecule has 0 spiro atoms. The highest BCUT2D eigenvalue weighted by Crippen LogP contribution is 2.36. The largest absolute Gasteiger partial charge is 0.493 e. The molecule has 0 bridgehead atoms. The van der Waals surface area contributed by atoms with Gasteiger partial charge in [-0.3, -0.25) is 4.79 Å². The van der Waals surface area contributed by atoms with Crippen LogP contribution in [0.2, 0.25) is 20.1 Å². The second-order valence-electron chi connectivity index (χ2n) is 5.06. The number of amides is 1. The monoisotopic (exact) mass is 389 g/mol. The van der Waals surface area contributed by atoms with Gasteiger partial charge in [0.05, 0.1) is 33.3 Å². The van der Waals surface area contributed by atoms with E-state index in [-0.39, 0.29) is 32.6 Å². The van der Waals surface area contributed by atoms with Crippen molar-refractivity contribution in [2.24, 2.45) is 0 Å². The number of ether oxygens (including phenoxy) is 1. The lowest BCUT2D eigenvalue weighted by molar-refractivity contribution is 0.0925. The van der Waals surface area contributed by atoms with Gasteiger partial charge in [0.15, 0.2) is 0 Å². The van der Waals surface area contributed by atoms with Gasteiger partial charge in [-0.2, -0.15) is 0 Å². The summed E-state index contributed by atoms with van der Waals surface area (Å²) in [5, 5.41) is 4.15. The number of hydrogen-bond donors (Lipinski definition) is 1. The maximum absolute atomic E-state index is 12.6. The number of benzene rings is 2. The zero-order valence-electron chi connectivity index (χ0n) is 11.7. The first-order valence-electron chi connectivity index (χ1n) is 6.84. The molecule has 1 N–H and O–H groups in total. The minimum atomic E-state index is -0.389. The lowest BCUT2D eigenvalue weighted by atomic mass is 10.00. The summed E-state index contributed by atoms with van der Waals surface area (Å²) in [7, 11) is 0. The summed E-state index contributed by atoms with van der Waals surface area (Å²) in [5.41, 5.74) is 0.988. The molecule has 0 aliphatic carbocycles. The summed E-state index contributed by atoms with van der Waals surface area (Å²) in [6.07, 6.45) is 0.620. The third-order valence-electron chi connectivity index (χ3n) is 3.59. The molecule has 0 saturated carbocycles. The number of nitrogens with one attached hydrogen (secondary N) is 1. The third-order valence-corrected chi connectivity index (χ3v) is 4.94. The molecule has 3 rings (SSSR count). The van der Waals surface area contributed by atoms with Crippen LogP contribution in [0.4, 0.5) is 0 Å². The molecule has 2 aromatic carbocycles. The zero-order valence-corrected chi connectivity index (χ0v) is 14.7. The summed E-state index contributed by atoms with van der Waals surface area (Å²) in [5.74, 6) is 0.314. The van der Waals surface area contributed by atoms with E-state index in [2.05, 4.69) is 5.32 Å². The summed E-state index contributed by atoms with van der Waals surface area (Å²) >= 11 is 24.2. The van der Waals surface area contributed by atoms with Crippen molar-refractivity contribution in [3.05, 3.63) is 61.5 Å². The van der Waals surface area contributed by atoms with Gasteiger partial charge in [0.1, 0.15) is 5.75 Å². The van der Waals surface area contributed by atoms with Gasteiger partial charge in [-0.15, -0.1) is 0 Å². The van der Waals surface area contributed by atoms with Crippen LogP contribution in [0.25, 0.3) is 0 Å². The van der Waals surface area contributed by atoms with Crippen molar-refractivity contribution in [1.82, 2.24) is 5.32 Å². The lowest BCUT2D eigenvalue weighted by Gasteiger charge is -2.27. The number of rotatable bonds is 2. The first kappa shape index (κ1) is 16.7. The van der Waals surface area contributed by atoms with Crippen LogP contribution < -0.4 is 10.1 Å². The Morgan fingerprint density at radius 2 is 1.83 bits per heavy atom. The van der Waals surface area contributed by atoms with E-state index in [4.69, 9.17) is 51.1 Å². The van der Waals surface area contributed by atoms with Crippen LogP contribution >= 0.6 is 46.4 Å². The second-order valence-corrected chi connectivity index (χ2v) is 6.69. The molecule has 3 nitrogen and oxygen atoms in total. The van der Waals surface area contributed by atoms with Crippen molar-refractivity contribution in [1.29, 1.82) is 0 Å². The number of halogens is 4. The third kappa shape index (κ3) is 3.38. The molecular formula is C16H11Cl4NO2. The normalized spacial score (nSPS) is 16.4. The number of hydrogen-bond acceptors (Lipinski definition) is 2. The molecular weight excluding hydrogens is 380 g/mol. The minimum absolute atomic E-state index is 0.134. The van der Waals surface area contributed by atoms with E-state index in [0.717, 1.165) is 5.56 Å². The van der Waals surface area contributed by atoms with Gasteiger partial charge < -0.3 is 10.1 Å². The highest BCUT2D eigenvalue weighted by molar-refractivity contribution is 6.46. The Bertz CT molecular complexity index is 779. The van der Waals surface area contributed by atoms with E-state index in [9.17, 15) is 4.79 Å². The molecule has 7 heteroatoms. The molecule has 1 amide bonds. The zero-order chi connectivity index (χ0) is 16.6. The maximum Gasteiger partial charge on any atom is 0.254 e. The van der Waals surface area contributed by atoms with Crippen LogP contribution in [0.15, 0.2) is 30.3 Å². The average molecular weight is 391 g/mol. The molecule has 1 aliphatic heterocycles. The maximum atomic E-state index is 12.6. The van der Waals surface area contributed by atoms with Crippen LogP contribution in [-0.4, -0.2) is 12.5 Å². The fourth-order valence-corrected chi connectivity index (χ4v) is 3.36. The van der Waals surface area contributed by atoms with Crippen molar-refractivity contribution in [2.45, 2.75) is 12.5 Å². The lowest BCUT2D eigenvalue weighted by Crippen LogP contribution is -2.32. The molecule has 1 aliphatic rings. The van der Waals surface area contributed by atoms with E-state index < -0.39 is 0 Å². The van der Waals surface area contributed by atoms with E-state index in [1.54, 1.807) is 30.3 Å². The first-order valence-corrected chi connectivity index (χ1v) is 8.35. The molecule has 0 fully saturated rings. The Balaban J connectivity index is 1.91. The van der Waals surface area contributed by atoms with Gasteiger partial charge in [-0.25, -0.2) is 0 Å². The van der Waals surface area contributed by atoms with Crippen molar-refractivity contribution < 1.29 is 9.53 Å². The Morgan fingerprint density at radius 3 is 2.61 bits per heavy atom. The Morgan fingerprint density at radius 1 is 1.09 bits per heavy atom. The van der Waals surface area contributed by atoms with Crippen molar-refractivity contribution in [3.8, 4) is 5.75 Å².